The van der Waals surface area contributed by atoms with Gasteiger partial charge in [-0.25, -0.2) is 6.92 Å². The molecule has 0 saturated heterocycles. The van der Waals surface area contributed by atoms with Crippen LogP contribution in [0.25, 0.3) is 0 Å². The Morgan fingerprint density at radius 1 is 1.26 bits per heavy atom. The van der Waals surface area contributed by atoms with Gasteiger partial charge >= 0.3 is 22.6 Å². The van der Waals surface area contributed by atoms with Crippen LogP contribution in [0.15, 0.2) is 12.7 Å². The van der Waals surface area contributed by atoms with Crippen molar-refractivity contribution in [2.75, 3.05) is 0 Å². The first-order valence-corrected chi connectivity index (χ1v) is 5.47. The number of hydrogen-bond donors (Lipinski definition) is 0. The first kappa shape index (κ1) is 26.7. The van der Waals surface area contributed by atoms with Crippen LogP contribution in [0.4, 0.5) is 0 Å². The maximum absolute atomic E-state index is 10.2. The molecule has 0 spiro atoms. The van der Waals surface area contributed by atoms with E-state index in [1.807, 2.05) is 6.92 Å². The molecule has 0 aliphatic carbocycles. The van der Waals surface area contributed by atoms with Gasteiger partial charge in [0.2, 0.25) is 0 Å². The Labute approximate surface area is 127 Å². The van der Waals surface area contributed by atoms with E-state index in [0.717, 1.165) is 5.56 Å². The molecule has 19 heavy (non-hydrogen) atoms. The Morgan fingerprint density at radius 2 is 1.58 bits per heavy atom. The van der Waals surface area contributed by atoms with Crippen molar-refractivity contribution in [2.24, 2.45) is 0 Å². The smallest absolute Gasteiger partial charge is 0 e. The average molecular weight is 320 g/mol. The molecule has 0 radical (unpaired) electrons. The molecule has 0 aliphatic heterocycles. The zero-order chi connectivity index (χ0) is 15.2. The molecule has 0 aliphatic rings. The minimum Gasteiger partial charge on any atom is 0 e. The zero-order valence-corrected chi connectivity index (χ0v) is 12.6. The van der Waals surface area contributed by atoms with Crippen molar-refractivity contribution in [2.45, 2.75) is 25.5 Å². The van der Waals surface area contributed by atoms with E-state index in [9.17, 15) is 8.76 Å². The van der Waals surface area contributed by atoms with Crippen LogP contribution in [0, 0.1) is 44.5 Å². The molecule has 1 atom stereocenters. The van der Waals surface area contributed by atoms with E-state index in [2.05, 4.69) is 44.1 Å². The summed E-state index contributed by atoms with van der Waals surface area (Å²) in [6.07, 6.45) is 1.40. The molecule has 1 rings (SSSR count). The molecule has 0 saturated carbocycles. The summed E-state index contributed by atoms with van der Waals surface area (Å²) in [5, 5.41) is 0. The van der Waals surface area contributed by atoms with Gasteiger partial charge < -0.3 is 34.4 Å². The van der Waals surface area contributed by atoms with E-state index in [1.165, 1.54) is 6.08 Å². The fourth-order valence-electron chi connectivity index (χ4n) is 0.349. The Kier molecular flexibility index (Phi) is 24.2. The first-order valence-electron chi connectivity index (χ1n) is 4.39. The van der Waals surface area contributed by atoms with Crippen LogP contribution in [0.3, 0.4) is 0 Å². The Bertz CT molecular complexity index is 360. The molecule has 4 nitrogen and oxygen atoms in total. The summed E-state index contributed by atoms with van der Waals surface area (Å²) in [7, 11) is 0. The Hall–Kier alpha value is -0.801. The molecule has 0 bridgehead atoms. The Morgan fingerprint density at radius 3 is 1.63 bits per heavy atom. The molecule has 0 heterocycles. The van der Waals surface area contributed by atoms with Crippen molar-refractivity contribution in [3.8, 4) is 0 Å². The predicted octanol–water partition coefficient (Wildman–Crippen LogP) is 1.67. The molecule has 1 unspecified atom stereocenters. The van der Waals surface area contributed by atoms with Crippen molar-refractivity contribution >= 4 is 11.1 Å². The molecule has 0 aromatic heterocycles. The third kappa shape index (κ3) is 17.2. The molecule has 1 aromatic carbocycles. The van der Waals surface area contributed by atoms with Gasteiger partial charge in [-0.2, -0.15) is 0 Å². The van der Waals surface area contributed by atoms with E-state index < -0.39 is 15.8 Å². The summed E-state index contributed by atoms with van der Waals surface area (Å²) < 4.78 is 34.6. The van der Waals surface area contributed by atoms with Gasteiger partial charge in [0.1, 0.15) is 0 Å². The second-order valence-electron chi connectivity index (χ2n) is 3.17. The second kappa shape index (κ2) is 17.2. The normalized spacial score (nSPS) is 9.47. The molecule has 108 valence electrons. The van der Waals surface area contributed by atoms with Gasteiger partial charge in [0, 0.05) is 21.8 Å². The van der Waals surface area contributed by atoms with Crippen molar-refractivity contribution in [1.82, 2.24) is 0 Å². The van der Waals surface area contributed by atoms with Crippen molar-refractivity contribution in [1.29, 1.82) is 0 Å². The Balaban J connectivity index is -0.0000000912. The molecule has 0 fully saturated rings. The largest absolute Gasteiger partial charge is 0 e. The van der Waals surface area contributed by atoms with Gasteiger partial charge in [-0.3, -0.25) is 4.21 Å². The number of rotatable bonds is 2. The fraction of sp³-hybridized carbons (Fsp3) is 0.308. The fourth-order valence-corrected chi connectivity index (χ4v) is 0.485. The van der Waals surface area contributed by atoms with E-state index >= 15 is 0 Å². The van der Waals surface area contributed by atoms with E-state index in [0.29, 0.717) is 0 Å². The monoisotopic (exact) mass is 320 g/mol. The molecular weight excluding hydrogens is 308 g/mol. The van der Waals surface area contributed by atoms with Crippen LogP contribution in [0.5, 0.6) is 0 Å². The topological polar surface area (TPSA) is 79.9 Å². The maximum atomic E-state index is 10.2. The summed E-state index contributed by atoms with van der Waals surface area (Å²) in [6, 6.07) is 10.8. The second-order valence-corrected chi connectivity index (χ2v) is 4.69. The van der Waals surface area contributed by atoms with Gasteiger partial charge in [-0.15, -0.1) is 6.58 Å². The number of aryl methyl sites for hydroxylation is 1. The van der Waals surface area contributed by atoms with Crippen molar-refractivity contribution in [3.05, 3.63) is 55.8 Å². The molecular formula is C13H12FeO4S-6. The van der Waals surface area contributed by atoms with Gasteiger partial charge in [0.15, 0.2) is 0 Å². The minimum atomic E-state index is -2.04. The van der Waals surface area contributed by atoms with Crippen LogP contribution < -0.4 is 0 Å². The summed E-state index contributed by atoms with van der Waals surface area (Å²) in [6.45, 7) is 17.4. The number of hydrogen-bond acceptors (Lipinski definition) is 2. The third-order valence-electron chi connectivity index (χ3n) is 1.48. The molecule has 0 N–H and O–H groups in total. The SMILES string of the molecule is C=CC(C)(C)S(=O)[O-].C[c-]1[c-][c-][c-][c-]1.[C-]#[O+].[C-]#[O+].[Fe]. The minimum absolute atomic E-state index is 0. The zero-order valence-electron chi connectivity index (χ0n) is 10.7. The predicted molar refractivity (Wildman–Crippen MR) is 63.2 cm³/mol. The van der Waals surface area contributed by atoms with Crippen LogP contribution in [-0.4, -0.2) is 13.5 Å². The molecule has 6 heteroatoms. The standard InChI is InChI=1S/C6H3.C5H10O2S.2CO.Fe/c1-6-4-2-3-5-6;1-4-5(2,3)8(6)7;2*1-2;/h1H3;4H,1H2,2-3H3,(H,6,7);;;/q-5;;;;/p-1. The van der Waals surface area contributed by atoms with Gasteiger partial charge in [0.25, 0.3) is 0 Å². The van der Waals surface area contributed by atoms with Crippen LogP contribution in [-0.2, 0) is 37.5 Å². The molecule has 0 amide bonds. The quantitative estimate of drug-likeness (QED) is 0.273. The van der Waals surface area contributed by atoms with Crippen molar-refractivity contribution < 1.29 is 35.1 Å². The summed E-state index contributed by atoms with van der Waals surface area (Å²) in [5.74, 6) is 0. The van der Waals surface area contributed by atoms with Gasteiger partial charge in [-0.1, -0.05) is 6.08 Å². The van der Waals surface area contributed by atoms with Crippen LogP contribution in [0.1, 0.15) is 19.4 Å². The maximum Gasteiger partial charge on any atom is 0 e. The van der Waals surface area contributed by atoms with Crippen LogP contribution in [0.2, 0.25) is 0 Å². The van der Waals surface area contributed by atoms with Crippen LogP contribution >= 0.6 is 0 Å². The van der Waals surface area contributed by atoms with E-state index in [1.54, 1.807) is 13.8 Å². The average Bonchev–Trinajstić information content (AvgIpc) is 2.86. The third-order valence-corrected chi connectivity index (χ3v) is 2.51. The summed E-state index contributed by atoms with van der Waals surface area (Å²) in [5.41, 5.74) is 0.981. The van der Waals surface area contributed by atoms with E-state index in [-0.39, 0.29) is 17.1 Å². The molecule has 1 aromatic rings. The first-order chi connectivity index (χ1) is 8.40. The van der Waals surface area contributed by atoms with Crippen molar-refractivity contribution in [3.63, 3.8) is 0 Å². The van der Waals surface area contributed by atoms with E-state index in [4.69, 9.17) is 9.30 Å². The van der Waals surface area contributed by atoms with Gasteiger partial charge in [-0.05, 0) is 24.9 Å². The summed E-state index contributed by atoms with van der Waals surface area (Å²) in [4.78, 5) is 0. The summed E-state index contributed by atoms with van der Waals surface area (Å²) >= 11 is -2.04. The van der Waals surface area contributed by atoms with Gasteiger partial charge in [0.05, 0.1) is 0 Å².